The molecule has 0 aromatic heterocycles. The Balaban J connectivity index is 1.60. The van der Waals surface area contributed by atoms with Crippen LogP contribution in [0.5, 0.6) is 34.5 Å². The van der Waals surface area contributed by atoms with E-state index >= 15 is 4.57 Å². The van der Waals surface area contributed by atoms with Crippen LogP contribution in [0.25, 0.3) is 0 Å². The van der Waals surface area contributed by atoms with Crippen LogP contribution < -0.4 is 47.3 Å². The zero-order valence-corrected chi connectivity index (χ0v) is 27.7. The van der Waals surface area contributed by atoms with Crippen molar-refractivity contribution in [3.63, 3.8) is 0 Å². The quantitative estimate of drug-likeness (QED) is 0.101. The van der Waals surface area contributed by atoms with Crippen molar-refractivity contribution in [2.24, 2.45) is 0 Å². The van der Waals surface area contributed by atoms with E-state index in [0.717, 1.165) is 0 Å². The van der Waals surface area contributed by atoms with Gasteiger partial charge in [-0.25, -0.2) is 0 Å². The molecule has 0 aliphatic rings. The van der Waals surface area contributed by atoms with Crippen LogP contribution in [0.15, 0.2) is 127 Å². The first kappa shape index (κ1) is 32.2. The number of para-hydroxylation sites is 3. The Kier molecular flexibility index (Phi) is 9.26. The fourth-order valence-electron chi connectivity index (χ4n) is 4.95. The van der Waals surface area contributed by atoms with Gasteiger partial charge in [-0.1, -0.05) is 71.2 Å². The van der Waals surface area contributed by atoms with Gasteiger partial charge in [-0.05, 0) is 72.8 Å². The third kappa shape index (κ3) is 6.71. The first-order valence-corrected chi connectivity index (χ1v) is 17.0. The van der Waals surface area contributed by atoms with Crippen molar-refractivity contribution in [1.82, 2.24) is 0 Å². The Labute approximate surface area is 286 Å². The molecule has 6 rings (SSSR count). The number of halogens is 3. The summed E-state index contributed by atoms with van der Waals surface area (Å²) >= 11 is 19.5. The highest BCUT2D eigenvalue weighted by Gasteiger charge is 2.38. The van der Waals surface area contributed by atoms with Gasteiger partial charge in [0.1, 0.15) is 34.5 Å². The Morgan fingerprint density at radius 1 is 0.404 bits per heavy atom. The first-order valence-electron chi connectivity index (χ1n) is 14.2. The van der Waals surface area contributed by atoms with E-state index in [0.29, 0.717) is 48.0 Å². The Hall–Kier alpha value is -4.78. The molecule has 11 heteroatoms. The minimum absolute atomic E-state index is 0.275. The lowest BCUT2D eigenvalue weighted by Gasteiger charge is -2.26. The molecule has 0 saturated carbocycles. The van der Waals surface area contributed by atoms with Gasteiger partial charge in [0.25, 0.3) is 0 Å². The van der Waals surface area contributed by atoms with E-state index in [9.17, 15) is 0 Å². The van der Waals surface area contributed by atoms with E-state index in [1.54, 1.807) is 127 Å². The fourth-order valence-corrected chi connectivity index (χ4v) is 8.38. The summed E-state index contributed by atoms with van der Waals surface area (Å²) in [6, 6.07) is 35.6. The second kappa shape index (κ2) is 13.5. The molecule has 0 aliphatic heterocycles. The van der Waals surface area contributed by atoms with Gasteiger partial charge in [0.2, 0.25) is 0 Å². The number of hydrogen-bond acceptors (Lipinski definition) is 7. The van der Waals surface area contributed by atoms with E-state index in [2.05, 4.69) is 0 Å². The number of nitrogen functional groups attached to an aromatic ring is 3. The smallest absolute Gasteiger partial charge is 0.182 e. The minimum atomic E-state index is -3.98. The molecule has 0 aliphatic carbocycles. The molecule has 0 saturated heterocycles. The third-order valence-electron chi connectivity index (χ3n) is 7.14. The largest absolute Gasteiger partial charge is 0.455 e. The summed E-state index contributed by atoms with van der Waals surface area (Å²) in [7, 11) is -3.98. The lowest BCUT2D eigenvalue weighted by molar-refractivity contribution is 0.483. The molecular weight excluding hydrogens is 676 g/mol. The van der Waals surface area contributed by atoms with Crippen molar-refractivity contribution < 1.29 is 18.8 Å². The zero-order valence-electron chi connectivity index (χ0n) is 24.6. The maximum atomic E-state index is 16.3. The zero-order chi connectivity index (χ0) is 33.1. The van der Waals surface area contributed by atoms with Gasteiger partial charge in [0.05, 0.1) is 31.0 Å². The molecule has 6 aromatic carbocycles. The standard InChI is InChI=1S/C36H27Cl3N3O4P/c37-25-16-13-22(40)19-31(25)44-28-7-1-4-10-34(28)47(43,35-11-5-2-8-29(35)45-32-20-23(41)14-17-26(32)38)36-12-6-3-9-30(36)46-33-21-24(42)15-18-27(33)39/h1-21H,40-42H2. The van der Waals surface area contributed by atoms with Crippen molar-refractivity contribution >= 4 is 74.9 Å². The van der Waals surface area contributed by atoms with Crippen molar-refractivity contribution in [3.05, 3.63) is 142 Å². The second-order valence-corrected chi connectivity index (χ2v) is 14.3. The Morgan fingerprint density at radius 2 is 0.681 bits per heavy atom. The third-order valence-corrected chi connectivity index (χ3v) is 11.2. The number of anilines is 3. The Morgan fingerprint density at radius 3 is 0.979 bits per heavy atom. The van der Waals surface area contributed by atoms with Gasteiger partial charge in [0.15, 0.2) is 7.14 Å². The maximum Gasteiger partial charge on any atom is 0.182 e. The average Bonchev–Trinajstić information content (AvgIpc) is 3.06. The van der Waals surface area contributed by atoms with Crippen LogP contribution in [0.2, 0.25) is 15.1 Å². The average molecular weight is 703 g/mol. The molecule has 0 amide bonds. The summed E-state index contributed by atoms with van der Waals surface area (Å²) in [5, 5.41) is 1.98. The second-order valence-electron chi connectivity index (χ2n) is 10.4. The van der Waals surface area contributed by atoms with Gasteiger partial charge in [-0.3, -0.25) is 0 Å². The first-order chi connectivity index (χ1) is 22.6. The lowest BCUT2D eigenvalue weighted by Crippen LogP contribution is -2.28. The summed E-state index contributed by atoms with van der Waals surface area (Å²) in [5.74, 6) is 1.69. The summed E-state index contributed by atoms with van der Waals surface area (Å²) in [5.41, 5.74) is 19.5. The van der Waals surface area contributed by atoms with E-state index in [-0.39, 0.29) is 34.5 Å². The number of nitrogens with two attached hydrogens (primary N) is 3. The van der Waals surface area contributed by atoms with Gasteiger partial charge in [-0.15, -0.1) is 0 Å². The highest BCUT2D eigenvalue weighted by atomic mass is 35.5. The molecule has 0 atom stereocenters. The monoisotopic (exact) mass is 701 g/mol. The van der Waals surface area contributed by atoms with E-state index < -0.39 is 7.14 Å². The lowest BCUT2D eigenvalue weighted by atomic mass is 10.3. The maximum absolute atomic E-state index is 16.3. The number of benzene rings is 6. The van der Waals surface area contributed by atoms with Crippen molar-refractivity contribution in [2.75, 3.05) is 17.2 Å². The van der Waals surface area contributed by atoms with Gasteiger partial charge in [0, 0.05) is 35.3 Å². The fraction of sp³-hybridized carbons (Fsp3) is 0. The van der Waals surface area contributed by atoms with Gasteiger partial charge in [-0.2, -0.15) is 0 Å². The summed E-state index contributed by atoms with van der Waals surface area (Å²) in [4.78, 5) is 0. The van der Waals surface area contributed by atoms with Crippen LogP contribution in [-0.2, 0) is 4.57 Å². The predicted octanol–water partition coefficient (Wildman–Crippen LogP) is 9.41. The molecule has 7 nitrogen and oxygen atoms in total. The van der Waals surface area contributed by atoms with E-state index in [1.807, 2.05) is 0 Å². The Bertz CT molecular complexity index is 1920. The molecule has 0 radical (unpaired) electrons. The van der Waals surface area contributed by atoms with Crippen LogP contribution in [0.4, 0.5) is 17.1 Å². The van der Waals surface area contributed by atoms with E-state index in [1.165, 1.54) is 0 Å². The molecule has 0 unspecified atom stereocenters. The number of hydrogen-bond donors (Lipinski definition) is 3. The molecule has 236 valence electrons. The van der Waals surface area contributed by atoms with Crippen LogP contribution in [-0.4, -0.2) is 0 Å². The van der Waals surface area contributed by atoms with Crippen molar-refractivity contribution in [2.45, 2.75) is 0 Å². The summed E-state index contributed by atoms with van der Waals surface area (Å²) in [6.45, 7) is 0. The molecule has 0 bridgehead atoms. The highest BCUT2D eigenvalue weighted by molar-refractivity contribution is 7.85. The highest BCUT2D eigenvalue weighted by Crippen LogP contribution is 2.51. The van der Waals surface area contributed by atoms with Crippen molar-refractivity contribution in [3.8, 4) is 34.5 Å². The molecule has 6 N–H and O–H groups in total. The minimum Gasteiger partial charge on any atom is -0.455 e. The molecule has 0 heterocycles. The van der Waals surface area contributed by atoms with Crippen molar-refractivity contribution in [1.29, 1.82) is 0 Å². The normalized spacial score (nSPS) is 11.2. The number of rotatable bonds is 9. The SMILES string of the molecule is Nc1ccc(Cl)c(Oc2ccccc2P(=O)(c2ccccc2Oc2cc(N)ccc2Cl)c2ccccc2Oc2cc(N)ccc2Cl)c1. The molecule has 47 heavy (non-hydrogen) atoms. The van der Waals surface area contributed by atoms with Crippen LogP contribution >= 0.6 is 41.9 Å². The van der Waals surface area contributed by atoms with Crippen LogP contribution in [0.1, 0.15) is 0 Å². The van der Waals surface area contributed by atoms with Crippen LogP contribution in [0, 0.1) is 0 Å². The molecule has 0 spiro atoms. The van der Waals surface area contributed by atoms with E-state index in [4.69, 9.17) is 66.2 Å². The summed E-state index contributed by atoms with van der Waals surface area (Å²) < 4.78 is 35.4. The predicted molar refractivity (Wildman–Crippen MR) is 194 cm³/mol. The summed E-state index contributed by atoms with van der Waals surface area (Å²) in [6.07, 6.45) is 0. The molecule has 0 fully saturated rings. The van der Waals surface area contributed by atoms with Crippen LogP contribution in [0.3, 0.4) is 0 Å². The van der Waals surface area contributed by atoms with Gasteiger partial charge < -0.3 is 36.0 Å². The molecular formula is C36H27Cl3N3O4P. The molecule has 6 aromatic rings. The van der Waals surface area contributed by atoms with Gasteiger partial charge >= 0.3 is 0 Å². The number of ether oxygens (including phenoxy) is 3. The topological polar surface area (TPSA) is 123 Å².